The molecule has 2 saturated heterocycles. The van der Waals surface area contributed by atoms with E-state index in [4.69, 9.17) is 18.9 Å². The van der Waals surface area contributed by atoms with Crippen molar-refractivity contribution in [3.05, 3.63) is 59.2 Å². The molecule has 2 aromatic rings. The number of fused-ring (bicyclic) bond motifs is 1. The molecule has 2 aliphatic heterocycles. The van der Waals surface area contributed by atoms with Gasteiger partial charge in [0.05, 0.1) is 20.3 Å². The number of benzene rings is 2. The molecule has 3 aliphatic rings. The molecule has 0 aromatic heterocycles. The van der Waals surface area contributed by atoms with Crippen LogP contribution >= 0.6 is 0 Å². The highest BCUT2D eigenvalue weighted by Crippen LogP contribution is 2.45. The van der Waals surface area contributed by atoms with Crippen LogP contribution < -0.4 is 9.47 Å². The highest BCUT2D eigenvalue weighted by Gasteiger charge is 2.52. The Balaban J connectivity index is 1.28. The SMILES string of the molecule is COc1cc(C(=O)N2CC[C@]3(c4cc(F)ccc4F)OCO[C@@H]3C2)ccc1OCC1CC(F)(F)C1. The monoisotopic (exact) mass is 495 g/mol. The van der Waals surface area contributed by atoms with E-state index in [1.807, 2.05) is 0 Å². The lowest BCUT2D eigenvalue weighted by molar-refractivity contribution is -0.119. The molecule has 0 bridgehead atoms. The van der Waals surface area contributed by atoms with Crippen molar-refractivity contribution < 1.29 is 41.3 Å². The molecular weight excluding hydrogens is 470 g/mol. The predicted molar refractivity (Wildman–Crippen MR) is 116 cm³/mol. The summed E-state index contributed by atoms with van der Waals surface area (Å²) in [6.45, 7) is 0.425. The Labute approximate surface area is 199 Å². The molecule has 2 aromatic carbocycles. The van der Waals surface area contributed by atoms with Gasteiger partial charge in [0, 0.05) is 42.9 Å². The summed E-state index contributed by atoms with van der Waals surface area (Å²) in [5.74, 6) is -3.62. The average Bonchev–Trinajstić information content (AvgIpc) is 3.26. The number of likely N-dealkylation sites (tertiary alicyclic amines) is 1. The molecular formula is C25H25F4NO5. The summed E-state index contributed by atoms with van der Waals surface area (Å²) < 4.78 is 77.0. The van der Waals surface area contributed by atoms with Crippen LogP contribution in [0.3, 0.4) is 0 Å². The van der Waals surface area contributed by atoms with E-state index in [1.165, 1.54) is 13.2 Å². The summed E-state index contributed by atoms with van der Waals surface area (Å²) in [5, 5.41) is 0. The number of halogens is 4. The first-order valence-corrected chi connectivity index (χ1v) is 11.4. The molecule has 2 atom stereocenters. The minimum Gasteiger partial charge on any atom is -0.493 e. The van der Waals surface area contributed by atoms with Crippen LogP contribution in [0, 0.1) is 17.6 Å². The second-order valence-electron chi connectivity index (χ2n) is 9.24. The standard InChI is InChI=1S/C25H25F4NO5/c1-32-21-8-16(2-5-20(21)33-13-15-10-24(28,29)11-15)23(31)30-7-6-25(22(12-30)34-14-35-25)18-9-17(26)3-4-19(18)27/h2-5,8-9,15,22H,6-7,10-14H2,1H3/t22-,25-/m1/s1. The Morgan fingerprint density at radius 2 is 1.94 bits per heavy atom. The summed E-state index contributed by atoms with van der Waals surface area (Å²) in [4.78, 5) is 14.8. The number of carbonyl (C=O) groups excluding carboxylic acids is 1. The lowest BCUT2D eigenvalue weighted by atomic mass is 9.81. The zero-order valence-corrected chi connectivity index (χ0v) is 19.1. The topological polar surface area (TPSA) is 57.2 Å². The van der Waals surface area contributed by atoms with Crippen molar-refractivity contribution in [2.45, 2.75) is 36.9 Å². The summed E-state index contributed by atoms with van der Waals surface area (Å²) in [6.07, 6.45) is -0.834. The van der Waals surface area contributed by atoms with Crippen molar-refractivity contribution >= 4 is 5.91 Å². The van der Waals surface area contributed by atoms with Gasteiger partial charge < -0.3 is 23.8 Å². The van der Waals surface area contributed by atoms with Crippen molar-refractivity contribution in [2.75, 3.05) is 33.6 Å². The highest BCUT2D eigenvalue weighted by molar-refractivity contribution is 5.95. The van der Waals surface area contributed by atoms with E-state index >= 15 is 0 Å². The molecule has 188 valence electrons. The number of rotatable bonds is 6. The number of hydrogen-bond acceptors (Lipinski definition) is 5. The molecule has 0 spiro atoms. The molecule has 0 unspecified atom stereocenters. The van der Waals surface area contributed by atoms with Gasteiger partial charge >= 0.3 is 0 Å². The van der Waals surface area contributed by atoms with Crippen molar-refractivity contribution in [3.8, 4) is 11.5 Å². The predicted octanol–water partition coefficient (Wildman–Crippen LogP) is 4.51. The number of alkyl halides is 2. The van der Waals surface area contributed by atoms with Crippen LogP contribution in [0.2, 0.25) is 0 Å². The summed E-state index contributed by atoms with van der Waals surface area (Å²) in [7, 11) is 1.43. The number of amides is 1. The van der Waals surface area contributed by atoms with Crippen LogP contribution in [0.4, 0.5) is 17.6 Å². The zero-order chi connectivity index (χ0) is 24.8. The summed E-state index contributed by atoms with van der Waals surface area (Å²) in [6, 6.07) is 7.91. The molecule has 1 amide bonds. The van der Waals surface area contributed by atoms with E-state index in [9.17, 15) is 22.4 Å². The minimum absolute atomic E-state index is 0.0829. The number of ether oxygens (including phenoxy) is 4. The van der Waals surface area contributed by atoms with E-state index in [0.717, 1.165) is 18.2 Å². The fourth-order valence-corrected chi connectivity index (χ4v) is 5.08. The smallest absolute Gasteiger partial charge is 0.254 e. The van der Waals surface area contributed by atoms with Gasteiger partial charge in [-0.05, 0) is 36.4 Å². The number of methoxy groups -OCH3 is 1. The van der Waals surface area contributed by atoms with Gasteiger partial charge in [-0.1, -0.05) is 0 Å². The van der Waals surface area contributed by atoms with E-state index in [-0.39, 0.29) is 63.1 Å². The maximum absolute atomic E-state index is 14.6. The lowest BCUT2D eigenvalue weighted by Crippen LogP contribution is -2.53. The molecule has 3 fully saturated rings. The van der Waals surface area contributed by atoms with E-state index in [2.05, 4.69) is 0 Å². The zero-order valence-electron chi connectivity index (χ0n) is 19.1. The second kappa shape index (κ2) is 8.98. The Bertz CT molecular complexity index is 1120. The molecule has 6 nitrogen and oxygen atoms in total. The van der Waals surface area contributed by atoms with Gasteiger partial charge in [-0.2, -0.15) is 0 Å². The Hall–Kier alpha value is -2.85. The first-order valence-electron chi connectivity index (χ1n) is 11.4. The molecule has 2 heterocycles. The van der Waals surface area contributed by atoms with Crippen molar-refractivity contribution in [1.82, 2.24) is 4.90 Å². The van der Waals surface area contributed by atoms with Crippen molar-refractivity contribution in [2.24, 2.45) is 5.92 Å². The number of nitrogens with zero attached hydrogens (tertiary/aromatic N) is 1. The van der Waals surface area contributed by atoms with Crippen LogP contribution in [0.1, 0.15) is 35.2 Å². The van der Waals surface area contributed by atoms with Crippen LogP contribution in [0.15, 0.2) is 36.4 Å². The molecule has 35 heavy (non-hydrogen) atoms. The van der Waals surface area contributed by atoms with Crippen LogP contribution in [0.25, 0.3) is 0 Å². The third kappa shape index (κ3) is 4.45. The van der Waals surface area contributed by atoms with Gasteiger partial charge in [0.2, 0.25) is 5.92 Å². The summed E-state index contributed by atoms with van der Waals surface area (Å²) >= 11 is 0. The third-order valence-electron chi connectivity index (χ3n) is 6.98. The minimum atomic E-state index is -2.62. The lowest BCUT2D eigenvalue weighted by Gasteiger charge is -2.42. The first kappa shape index (κ1) is 23.9. The van der Waals surface area contributed by atoms with Crippen LogP contribution in [-0.4, -0.2) is 56.4 Å². The maximum Gasteiger partial charge on any atom is 0.254 e. The van der Waals surface area contributed by atoms with Gasteiger partial charge in [0.1, 0.15) is 30.1 Å². The fourth-order valence-electron chi connectivity index (χ4n) is 5.08. The highest BCUT2D eigenvalue weighted by atomic mass is 19.3. The van der Waals surface area contributed by atoms with Gasteiger partial charge in [0.25, 0.3) is 5.91 Å². The number of carbonyl (C=O) groups is 1. The average molecular weight is 495 g/mol. The largest absolute Gasteiger partial charge is 0.493 e. The number of hydrogen-bond donors (Lipinski definition) is 0. The van der Waals surface area contributed by atoms with Gasteiger partial charge in [-0.15, -0.1) is 0 Å². The van der Waals surface area contributed by atoms with E-state index < -0.39 is 29.3 Å². The Morgan fingerprint density at radius 3 is 2.69 bits per heavy atom. The summed E-state index contributed by atoms with van der Waals surface area (Å²) in [5.41, 5.74) is -0.747. The molecule has 1 aliphatic carbocycles. The normalized spacial score (nSPS) is 25.6. The first-order chi connectivity index (χ1) is 16.7. The molecule has 10 heteroatoms. The second-order valence-corrected chi connectivity index (χ2v) is 9.24. The molecule has 0 radical (unpaired) electrons. The molecule has 0 N–H and O–H groups in total. The van der Waals surface area contributed by atoms with Crippen LogP contribution in [0.5, 0.6) is 11.5 Å². The van der Waals surface area contributed by atoms with Crippen molar-refractivity contribution in [1.29, 1.82) is 0 Å². The Kier molecular flexibility index (Phi) is 6.13. The third-order valence-corrected chi connectivity index (χ3v) is 6.98. The fraction of sp³-hybridized carbons (Fsp3) is 0.480. The Morgan fingerprint density at radius 1 is 1.14 bits per heavy atom. The van der Waals surface area contributed by atoms with E-state index in [0.29, 0.717) is 17.1 Å². The molecule has 1 saturated carbocycles. The van der Waals surface area contributed by atoms with Crippen LogP contribution in [-0.2, 0) is 15.1 Å². The van der Waals surface area contributed by atoms with Gasteiger partial charge in [0.15, 0.2) is 11.5 Å². The molecule has 5 rings (SSSR count). The number of piperidine rings is 1. The van der Waals surface area contributed by atoms with Gasteiger partial charge in [-0.25, -0.2) is 17.6 Å². The van der Waals surface area contributed by atoms with E-state index in [1.54, 1.807) is 17.0 Å². The van der Waals surface area contributed by atoms with Gasteiger partial charge in [-0.3, -0.25) is 4.79 Å². The maximum atomic E-state index is 14.6. The van der Waals surface area contributed by atoms with Crippen molar-refractivity contribution in [3.63, 3.8) is 0 Å². The quantitative estimate of drug-likeness (QED) is 0.552.